The van der Waals surface area contributed by atoms with E-state index >= 15 is 0 Å². The number of unbranched alkanes of at least 4 members (excludes halogenated alkanes) is 1. The van der Waals surface area contributed by atoms with Gasteiger partial charge in [-0.1, -0.05) is 26.7 Å². The summed E-state index contributed by atoms with van der Waals surface area (Å²) in [7, 11) is 0. The van der Waals surface area contributed by atoms with Gasteiger partial charge in [-0.2, -0.15) is 0 Å². The minimum atomic E-state index is -0.643. The normalized spacial score (nSPS) is 11.8. The van der Waals surface area contributed by atoms with Crippen LogP contribution < -0.4 is 6.15 Å². The van der Waals surface area contributed by atoms with Gasteiger partial charge in [0.15, 0.2) is 0 Å². The highest BCUT2D eigenvalue weighted by Crippen LogP contribution is 2.11. The summed E-state index contributed by atoms with van der Waals surface area (Å²) in [4.78, 5) is 10.4. The summed E-state index contributed by atoms with van der Waals surface area (Å²) in [6.07, 6.45) is 3.71. The van der Waals surface area contributed by atoms with Gasteiger partial charge >= 0.3 is 5.97 Å². The van der Waals surface area contributed by atoms with E-state index in [1.807, 2.05) is 6.92 Å². The maximum Gasteiger partial charge on any atom is 0.306 e. The van der Waals surface area contributed by atoms with Crippen molar-refractivity contribution in [3.63, 3.8) is 0 Å². The van der Waals surface area contributed by atoms with Crippen LogP contribution in [0.25, 0.3) is 0 Å². The fourth-order valence-electron chi connectivity index (χ4n) is 0.953. The summed E-state index contributed by atoms with van der Waals surface area (Å²) in [6.45, 7) is 4.00. The van der Waals surface area contributed by atoms with Crippen LogP contribution in [0.15, 0.2) is 0 Å². The zero-order valence-electron chi connectivity index (χ0n) is 7.47. The quantitative estimate of drug-likeness (QED) is 0.650. The summed E-state index contributed by atoms with van der Waals surface area (Å²) in [5.74, 6) is -0.754. The molecule has 1 unspecified atom stereocenters. The molecule has 3 nitrogen and oxygen atoms in total. The lowest BCUT2D eigenvalue weighted by atomic mass is 10.00. The molecule has 68 valence electrons. The Morgan fingerprint density at radius 2 is 2.00 bits per heavy atom. The Morgan fingerprint density at radius 1 is 1.45 bits per heavy atom. The third kappa shape index (κ3) is 5.85. The van der Waals surface area contributed by atoms with Gasteiger partial charge in [-0.25, -0.2) is 0 Å². The smallest absolute Gasteiger partial charge is 0.306 e. The van der Waals surface area contributed by atoms with E-state index in [1.54, 1.807) is 0 Å². The lowest BCUT2D eigenvalue weighted by Gasteiger charge is -2.06. The Morgan fingerprint density at radius 3 is 2.27 bits per heavy atom. The second-order valence-corrected chi connectivity index (χ2v) is 2.59. The minimum absolute atomic E-state index is 0. The zero-order chi connectivity index (χ0) is 7.98. The van der Waals surface area contributed by atoms with Crippen LogP contribution in [0.5, 0.6) is 0 Å². The molecule has 1 atom stereocenters. The van der Waals surface area contributed by atoms with Gasteiger partial charge in [-0.15, -0.1) is 0 Å². The van der Waals surface area contributed by atoms with E-state index in [0.717, 1.165) is 25.7 Å². The fourth-order valence-corrected chi connectivity index (χ4v) is 0.953. The van der Waals surface area contributed by atoms with Crippen LogP contribution in [0.1, 0.15) is 39.5 Å². The molecule has 11 heavy (non-hydrogen) atoms. The summed E-state index contributed by atoms with van der Waals surface area (Å²) in [5.41, 5.74) is 0. The molecule has 0 saturated heterocycles. The Hall–Kier alpha value is -0.570. The second-order valence-electron chi connectivity index (χ2n) is 2.59. The molecule has 0 aliphatic carbocycles. The molecule has 0 fully saturated rings. The second kappa shape index (κ2) is 7.54. The summed E-state index contributed by atoms with van der Waals surface area (Å²) in [6, 6.07) is 0. The van der Waals surface area contributed by atoms with Crippen LogP contribution in [0.3, 0.4) is 0 Å². The van der Waals surface area contributed by atoms with E-state index in [2.05, 4.69) is 6.92 Å². The molecule has 0 spiro atoms. The van der Waals surface area contributed by atoms with Crippen molar-refractivity contribution < 1.29 is 9.90 Å². The molecule has 0 aromatic carbocycles. The van der Waals surface area contributed by atoms with Crippen LogP contribution in [0.4, 0.5) is 0 Å². The number of rotatable bonds is 5. The maximum atomic E-state index is 10.4. The molecule has 0 aromatic rings. The van der Waals surface area contributed by atoms with E-state index < -0.39 is 5.97 Å². The molecule has 4 N–H and O–H groups in total. The maximum absolute atomic E-state index is 10.4. The van der Waals surface area contributed by atoms with E-state index in [9.17, 15) is 4.79 Å². The number of hydrogen-bond donors (Lipinski definition) is 2. The molecule has 0 aliphatic heterocycles. The molecular weight excluding hydrogens is 142 g/mol. The largest absolute Gasteiger partial charge is 0.481 e. The molecular formula is C8H19NO2. The van der Waals surface area contributed by atoms with Crippen molar-refractivity contribution >= 4 is 5.97 Å². The Kier molecular flexibility index (Phi) is 8.94. The van der Waals surface area contributed by atoms with Gasteiger partial charge < -0.3 is 11.3 Å². The molecule has 3 heteroatoms. The van der Waals surface area contributed by atoms with Crippen molar-refractivity contribution in [2.75, 3.05) is 0 Å². The van der Waals surface area contributed by atoms with Crippen LogP contribution in [-0.2, 0) is 4.79 Å². The number of carboxylic acid groups (broad SMARTS) is 1. The first kappa shape index (κ1) is 13.1. The van der Waals surface area contributed by atoms with E-state index in [0.29, 0.717) is 0 Å². The van der Waals surface area contributed by atoms with Crippen molar-refractivity contribution in [2.45, 2.75) is 39.5 Å². The van der Waals surface area contributed by atoms with Gasteiger partial charge in [-0.05, 0) is 12.8 Å². The monoisotopic (exact) mass is 161 g/mol. The van der Waals surface area contributed by atoms with Crippen LogP contribution in [0, 0.1) is 5.92 Å². The third-order valence-corrected chi connectivity index (χ3v) is 1.75. The first-order valence-electron chi connectivity index (χ1n) is 3.95. The zero-order valence-corrected chi connectivity index (χ0v) is 7.47. The van der Waals surface area contributed by atoms with Crippen molar-refractivity contribution in [3.05, 3.63) is 0 Å². The van der Waals surface area contributed by atoms with Crippen LogP contribution in [-0.4, -0.2) is 11.1 Å². The fraction of sp³-hybridized carbons (Fsp3) is 0.875. The topological polar surface area (TPSA) is 72.3 Å². The molecule has 0 aliphatic rings. The number of carbonyl (C=O) groups is 1. The van der Waals surface area contributed by atoms with E-state index in [4.69, 9.17) is 5.11 Å². The van der Waals surface area contributed by atoms with Gasteiger partial charge in [0.1, 0.15) is 0 Å². The van der Waals surface area contributed by atoms with Gasteiger partial charge in [-0.3, -0.25) is 4.79 Å². The molecule has 0 bridgehead atoms. The van der Waals surface area contributed by atoms with Gasteiger partial charge in [0.25, 0.3) is 0 Å². The van der Waals surface area contributed by atoms with Crippen LogP contribution >= 0.6 is 0 Å². The molecule has 0 amide bonds. The summed E-state index contributed by atoms with van der Waals surface area (Å²) >= 11 is 0. The average Bonchev–Trinajstić information content (AvgIpc) is 1.89. The standard InChI is InChI=1S/C8H16O2.H3N/c1-3-5-6-7(4-2)8(9)10;/h7H,3-6H2,1-2H3,(H,9,10);1H3. The highest BCUT2D eigenvalue weighted by Gasteiger charge is 2.12. The first-order valence-corrected chi connectivity index (χ1v) is 3.95. The highest BCUT2D eigenvalue weighted by atomic mass is 16.4. The van der Waals surface area contributed by atoms with Gasteiger partial charge in [0, 0.05) is 0 Å². The average molecular weight is 161 g/mol. The summed E-state index contributed by atoms with van der Waals surface area (Å²) in [5, 5.41) is 8.60. The third-order valence-electron chi connectivity index (χ3n) is 1.75. The van der Waals surface area contributed by atoms with Gasteiger partial charge in [0.2, 0.25) is 0 Å². The molecule has 0 radical (unpaired) electrons. The number of aliphatic carboxylic acids is 1. The molecule has 0 heterocycles. The highest BCUT2D eigenvalue weighted by molar-refractivity contribution is 5.69. The van der Waals surface area contributed by atoms with E-state index in [1.165, 1.54) is 0 Å². The predicted octanol–water partition coefficient (Wildman–Crippen LogP) is 2.45. The van der Waals surface area contributed by atoms with Crippen molar-refractivity contribution in [3.8, 4) is 0 Å². The Labute approximate surface area is 68.4 Å². The Bertz CT molecular complexity index is 104. The predicted molar refractivity (Wildman–Crippen MR) is 46.0 cm³/mol. The van der Waals surface area contributed by atoms with Gasteiger partial charge in [0.05, 0.1) is 5.92 Å². The number of carboxylic acids is 1. The Balaban J connectivity index is 0. The van der Waals surface area contributed by atoms with Crippen molar-refractivity contribution in [1.29, 1.82) is 0 Å². The lowest BCUT2D eigenvalue weighted by molar-refractivity contribution is -0.142. The summed E-state index contributed by atoms with van der Waals surface area (Å²) < 4.78 is 0. The minimum Gasteiger partial charge on any atom is -0.481 e. The van der Waals surface area contributed by atoms with E-state index in [-0.39, 0.29) is 12.1 Å². The SMILES string of the molecule is CCCCC(CC)C(=O)O.N. The molecule has 0 saturated carbocycles. The number of hydrogen-bond acceptors (Lipinski definition) is 2. The van der Waals surface area contributed by atoms with Crippen molar-refractivity contribution in [1.82, 2.24) is 6.15 Å². The molecule has 0 aromatic heterocycles. The first-order chi connectivity index (χ1) is 4.72. The van der Waals surface area contributed by atoms with Crippen LogP contribution in [0.2, 0.25) is 0 Å². The molecule has 0 rings (SSSR count). The lowest BCUT2D eigenvalue weighted by Crippen LogP contribution is -2.11. The van der Waals surface area contributed by atoms with Crippen molar-refractivity contribution in [2.24, 2.45) is 5.92 Å².